The molecule has 0 radical (unpaired) electrons. The first-order chi connectivity index (χ1) is 16.8. The number of rotatable bonds is 11. The molecule has 2 heterocycles. The highest BCUT2D eigenvalue weighted by atomic mass is 32.2. The van der Waals surface area contributed by atoms with E-state index in [0.29, 0.717) is 43.5 Å². The second-order valence-electron chi connectivity index (χ2n) is 8.48. The zero-order valence-electron chi connectivity index (χ0n) is 20.7. The first kappa shape index (κ1) is 27.3. The third kappa shape index (κ3) is 7.37. The number of aromatic nitrogens is 1. The van der Waals surface area contributed by atoms with Crippen molar-refractivity contribution in [2.75, 3.05) is 37.9 Å². The smallest absolute Gasteiger partial charge is 0.263 e. The highest BCUT2D eigenvalue weighted by Gasteiger charge is 2.29. The Balaban J connectivity index is 1.80. The number of carbonyl (C=O) groups is 2. The average Bonchev–Trinajstić information content (AvgIpc) is 3.14. The Bertz CT molecular complexity index is 1200. The van der Waals surface area contributed by atoms with Crippen molar-refractivity contribution in [1.29, 1.82) is 0 Å². The van der Waals surface area contributed by atoms with Crippen LogP contribution in [0.25, 0.3) is 10.2 Å². The summed E-state index contributed by atoms with van der Waals surface area (Å²) < 4.78 is 39.2. The van der Waals surface area contributed by atoms with E-state index >= 15 is 0 Å². The predicted molar refractivity (Wildman–Crippen MR) is 136 cm³/mol. The molecule has 0 aliphatic carbocycles. The van der Waals surface area contributed by atoms with E-state index in [9.17, 15) is 18.0 Å². The number of benzene rings is 1. The zero-order chi connectivity index (χ0) is 25.4. The fraction of sp³-hybridized carbons (Fsp3) is 0.625. The van der Waals surface area contributed by atoms with Crippen LogP contribution in [-0.2, 0) is 30.7 Å². The molecular weight excluding hydrogens is 490 g/mol. The monoisotopic (exact) mass is 525 g/mol. The second kappa shape index (κ2) is 12.6. The molecule has 2 amide bonds. The van der Waals surface area contributed by atoms with Gasteiger partial charge in [0.15, 0.2) is 14.6 Å². The lowest BCUT2D eigenvalue weighted by atomic mass is 10.0. The van der Waals surface area contributed by atoms with Crippen LogP contribution in [0.2, 0.25) is 0 Å². The van der Waals surface area contributed by atoms with E-state index in [-0.39, 0.29) is 6.04 Å². The van der Waals surface area contributed by atoms with E-state index in [0.717, 1.165) is 35.9 Å². The summed E-state index contributed by atoms with van der Waals surface area (Å²) in [4.78, 5) is 31.6. The summed E-state index contributed by atoms with van der Waals surface area (Å²) in [5.41, 5.74) is 0.860. The quantitative estimate of drug-likeness (QED) is 0.418. The lowest BCUT2D eigenvalue weighted by molar-refractivity contribution is -0.132. The van der Waals surface area contributed by atoms with E-state index in [1.807, 2.05) is 43.5 Å². The van der Waals surface area contributed by atoms with Gasteiger partial charge in [-0.15, -0.1) is 0 Å². The molecule has 11 heteroatoms. The van der Waals surface area contributed by atoms with Crippen molar-refractivity contribution >= 4 is 43.2 Å². The highest BCUT2D eigenvalue weighted by Crippen LogP contribution is 2.24. The highest BCUT2D eigenvalue weighted by molar-refractivity contribution is 7.92. The summed E-state index contributed by atoms with van der Waals surface area (Å²) in [6, 6.07) is 5.69. The number of amides is 2. The van der Waals surface area contributed by atoms with E-state index in [1.54, 1.807) is 4.90 Å². The van der Waals surface area contributed by atoms with E-state index < -0.39 is 33.2 Å². The minimum absolute atomic E-state index is 0.0660. The number of carbonyl (C=O) groups excluding carboxylic acids is 2. The summed E-state index contributed by atoms with van der Waals surface area (Å²) in [7, 11) is -3.94. The van der Waals surface area contributed by atoms with Gasteiger partial charge < -0.3 is 18.9 Å². The molecule has 1 aromatic heterocycles. The van der Waals surface area contributed by atoms with Crippen LogP contribution in [0.3, 0.4) is 0 Å². The van der Waals surface area contributed by atoms with Crippen LogP contribution in [0.1, 0.15) is 46.5 Å². The van der Waals surface area contributed by atoms with E-state index in [2.05, 4.69) is 4.99 Å². The minimum atomic E-state index is -3.94. The molecule has 0 bridgehead atoms. The van der Waals surface area contributed by atoms with Crippen molar-refractivity contribution in [3.05, 3.63) is 23.0 Å². The largest absolute Gasteiger partial charge is 0.494 e. The Morgan fingerprint density at radius 1 is 1.14 bits per heavy atom. The van der Waals surface area contributed by atoms with Gasteiger partial charge in [-0.3, -0.25) is 9.59 Å². The number of ether oxygens (including phenoxy) is 2. The number of piperidine rings is 1. The van der Waals surface area contributed by atoms with Gasteiger partial charge in [0.05, 0.1) is 23.4 Å². The van der Waals surface area contributed by atoms with Crippen LogP contribution in [0.15, 0.2) is 23.2 Å². The molecule has 1 saturated heterocycles. The first-order valence-electron chi connectivity index (χ1n) is 12.2. The average molecular weight is 526 g/mol. The van der Waals surface area contributed by atoms with Gasteiger partial charge in [0.2, 0.25) is 5.91 Å². The van der Waals surface area contributed by atoms with Crippen LogP contribution in [0.5, 0.6) is 5.75 Å². The molecule has 1 aromatic carbocycles. The number of thiazole rings is 1. The molecule has 1 atom stereocenters. The maximum absolute atomic E-state index is 12.7. The second-order valence-corrected chi connectivity index (χ2v) is 11.6. The molecule has 2 aromatic rings. The van der Waals surface area contributed by atoms with Crippen LogP contribution >= 0.6 is 11.3 Å². The standard InChI is InChI=1S/C24H35N3O6S2/c1-4-18-9-7-8-12-26(18)23(29)17-35(30,31)16-22(28)25-24-27(13-14-32-5-2)20-11-10-19(33-6-3)15-21(20)34-24/h10-11,15,18H,4-9,12-14,16-17H2,1-3H3. The van der Waals surface area contributed by atoms with Crippen molar-refractivity contribution in [3.8, 4) is 5.75 Å². The number of sulfone groups is 1. The van der Waals surface area contributed by atoms with Crippen molar-refractivity contribution in [2.24, 2.45) is 4.99 Å². The Morgan fingerprint density at radius 2 is 1.94 bits per heavy atom. The molecule has 1 fully saturated rings. The lowest BCUT2D eigenvalue weighted by Gasteiger charge is -2.35. The van der Waals surface area contributed by atoms with Gasteiger partial charge in [-0.2, -0.15) is 4.99 Å². The van der Waals surface area contributed by atoms with Crippen LogP contribution in [0.4, 0.5) is 0 Å². The van der Waals surface area contributed by atoms with Gasteiger partial charge in [0.1, 0.15) is 17.3 Å². The molecule has 1 unspecified atom stereocenters. The molecular formula is C24H35N3O6S2. The Morgan fingerprint density at radius 3 is 2.66 bits per heavy atom. The van der Waals surface area contributed by atoms with Gasteiger partial charge in [-0.25, -0.2) is 8.42 Å². The molecule has 194 valence electrons. The Labute approximate surface area is 210 Å². The van der Waals surface area contributed by atoms with Gasteiger partial charge in [0, 0.05) is 25.7 Å². The van der Waals surface area contributed by atoms with Crippen molar-refractivity contribution < 1.29 is 27.5 Å². The third-order valence-electron chi connectivity index (χ3n) is 5.95. The summed E-state index contributed by atoms with van der Waals surface area (Å²) >= 11 is 1.29. The summed E-state index contributed by atoms with van der Waals surface area (Å²) in [5, 5.41) is 0. The molecule has 1 aliphatic heterocycles. The normalized spacial score (nSPS) is 17.2. The van der Waals surface area contributed by atoms with Crippen LogP contribution in [0, 0.1) is 0 Å². The topological polar surface area (TPSA) is 107 Å². The van der Waals surface area contributed by atoms with Gasteiger partial charge in [0.25, 0.3) is 5.91 Å². The van der Waals surface area contributed by atoms with Gasteiger partial charge in [-0.1, -0.05) is 18.3 Å². The number of hydrogen-bond acceptors (Lipinski definition) is 7. The van der Waals surface area contributed by atoms with Gasteiger partial charge >= 0.3 is 0 Å². The Hall–Kier alpha value is -2.24. The van der Waals surface area contributed by atoms with Crippen molar-refractivity contribution in [2.45, 2.75) is 59.0 Å². The maximum Gasteiger partial charge on any atom is 0.263 e. The molecule has 1 aliphatic rings. The predicted octanol–water partition coefficient (Wildman–Crippen LogP) is 2.77. The van der Waals surface area contributed by atoms with E-state index in [4.69, 9.17) is 9.47 Å². The fourth-order valence-corrected chi connectivity index (χ4v) is 6.50. The number of hydrogen-bond donors (Lipinski definition) is 0. The van der Waals surface area contributed by atoms with E-state index in [1.165, 1.54) is 11.3 Å². The zero-order valence-corrected chi connectivity index (χ0v) is 22.3. The molecule has 0 saturated carbocycles. The van der Waals surface area contributed by atoms with Gasteiger partial charge in [-0.05, 0) is 57.7 Å². The number of nitrogens with zero attached hydrogens (tertiary/aromatic N) is 3. The molecule has 0 spiro atoms. The summed E-state index contributed by atoms with van der Waals surface area (Å²) in [6.45, 7) is 8.35. The van der Waals surface area contributed by atoms with Crippen LogP contribution < -0.4 is 9.54 Å². The number of fused-ring (bicyclic) bond motifs is 1. The van der Waals surface area contributed by atoms with Crippen molar-refractivity contribution in [1.82, 2.24) is 9.47 Å². The summed E-state index contributed by atoms with van der Waals surface area (Å²) in [6.07, 6.45) is 3.58. The number of likely N-dealkylation sites (tertiary alicyclic amines) is 1. The minimum Gasteiger partial charge on any atom is -0.494 e. The molecule has 35 heavy (non-hydrogen) atoms. The fourth-order valence-electron chi connectivity index (χ4n) is 4.31. The molecule has 3 rings (SSSR count). The third-order valence-corrected chi connectivity index (χ3v) is 8.37. The Kier molecular flexibility index (Phi) is 9.88. The lowest BCUT2D eigenvalue weighted by Crippen LogP contribution is -2.46. The SMILES string of the molecule is CCOCCn1c(=NC(=O)CS(=O)(=O)CC(=O)N2CCCCC2CC)sc2cc(OCC)ccc21. The maximum atomic E-state index is 12.7. The van der Waals surface area contributed by atoms with Crippen molar-refractivity contribution in [3.63, 3.8) is 0 Å². The first-order valence-corrected chi connectivity index (χ1v) is 14.8. The molecule has 0 N–H and O–H groups in total. The molecule has 9 nitrogen and oxygen atoms in total. The summed E-state index contributed by atoms with van der Waals surface area (Å²) in [5.74, 6) is -1.97. The van der Waals surface area contributed by atoms with Crippen LogP contribution in [-0.4, -0.2) is 73.6 Å².